The number of rotatable bonds is 2. The zero-order valence-corrected chi connectivity index (χ0v) is 10.5. The van der Waals surface area contributed by atoms with Gasteiger partial charge in [0, 0.05) is 25.9 Å². The molecule has 0 saturated carbocycles. The fourth-order valence-corrected chi connectivity index (χ4v) is 0.558. The van der Waals surface area contributed by atoms with Crippen LogP contribution in [0.3, 0.4) is 0 Å². The van der Waals surface area contributed by atoms with Crippen molar-refractivity contribution in [1.29, 1.82) is 0 Å². The average molecular weight is 194 g/mol. The van der Waals surface area contributed by atoms with E-state index >= 15 is 0 Å². The lowest BCUT2D eigenvalue weighted by Crippen LogP contribution is -2.36. The van der Waals surface area contributed by atoms with Crippen LogP contribution >= 0.6 is 0 Å². The molecule has 2 nitrogen and oxygen atoms in total. The highest BCUT2D eigenvalue weighted by Gasteiger charge is 2.15. The van der Waals surface area contributed by atoms with Crippen molar-refractivity contribution >= 4 is 0 Å². The van der Waals surface area contributed by atoms with Crippen LogP contribution in [0.1, 0.15) is 20.8 Å². The molecule has 2 heteroatoms. The van der Waals surface area contributed by atoms with E-state index in [-0.39, 0.29) is 5.54 Å². The lowest BCUT2D eigenvalue weighted by atomic mass is 10.1. The molecular weight excluding hydrogens is 172 g/mol. The zero-order valence-electron chi connectivity index (χ0n) is 10.5. The van der Waals surface area contributed by atoms with E-state index in [1.165, 1.54) is 5.70 Å². The topological polar surface area (TPSA) is 6.48 Å². The van der Waals surface area contributed by atoms with Crippen LogP contribution in [-0.2, 0) is 0 Å². The van der Waals surface area contributed by atoms with Crippen molar-refractivity contribution in [3.05, 3.63) is 11.8 Å². The second kappa shape index (κ2) is 5.07. The molecule has 0 aliphatic heterocycles. The third-order valence-electron chi connectivity index (χ3n) is 2.48. The molecular formula is C12H22N2. The number of allylic oxidation sites excluding steroid dienone is 2. The van der Waals surface area contributed by atoms with Crippen molar-refractivity contribution < 1.29 is 0 Å². The molecule has 0 fully saturated rings. The molecule has 0 aliphatic carbocycles. The van der Waals surface area contributed by atoms with Crippen molar-refractivity contribution in [1.82, 2.24) is 9.80 Å². The minimum Gasteiger partial charge on any atom is -0.381 e. The Balaban J connectivity index is 4.53. The van der Waals surface area contributed by atoms with Gasteiger partial charge in [-0.2, -0.15) is 0 Å². The molecule has 14 heavy (non-hydrogen) atoms. The SMILES string of the molecule is C/C(=C/C#CC(C)(C)N(C)C)N(C)C. The van der Waals surface area contributed by atoms with E-state index in [0.29, 0.717) is 0 Å². The van der Waals surface area contributed by atoms with Crippen LogP contribution in [-0.4, -0.2) is 43.5 Å². The monoisotopic (exact) mass is 194 g/mol. The number of nitrogens with zero attached hydrogens (tertiary/aromatic N) is 2. The summed E-state index contributed by atoms with van der Waals surface area (Å²) in [5, 5.41) is 0. The molecule has 0 aromatic heterocycles. The van der Waals surface area contributed by atoms with E-state index in [0.717, 1.165) is 0 Å². The van der Waals surface area contributed by atoms with E-state index in [1.807, 2.05) is 34.3 Å². The highest BCUT2D eigenvalue weighted by atomic mass is 15.1. The molecule has 0 aromatic rings. The van der Waals surface area contributed by atoms with Gasteiger partial charge in [-0.25, -0.2) is 0 Å². The molecule has 0 rings (SSSR count). The standard InChI is InChI=1S/C12H22N2/c1-11(13(4)5)9-8-10-12(2,3)14(6)7/h9H,1-7H3/b11-9-. The van der Waals surface area contributed by atoms with Gasteiger partial charge in [0.1, 0.15) is 0 Å². The first-order valence-corrected chi connectivity index (χ1v) is 4.81. The Morgan fingerprint density at radius 2 is 1.64 bits per heavy atom. The highest BCUT2D eigenvalue weighted by molar-refractivity contribution is 5.24. The molecule has 80 valence electrons. The summed E-state index contributed by atoms with van der Waals surface area (Å²) < 4.78 is 0. The van der Waals surface area contributed by atoms with Gasteiger partial charge in [-0.3, -0.25) is 4.90 Å². The van der Waals surface area contributed by atoms with Crippen LogP contribution in [0.25, 0.3) is 0 Å². The zero-order chi connectivity index (χ0) is 11.4. The minimum atomic E-state index is -0.0664. The maximum atomic E-state index is 3.22. The average Bonchev–Trinajstić information content (AvgIpc) is 2.03. The van der Waals surface area contributed by atoms with Crippen molar-refractivity contribution in [3.63, 3.8) is 0 Å². The predicted molar refractivity (Wildman–Crippen MR) is 63.0 cm³/mol. The van der Waals surface area contributed by atoms with E-state index in [1.54, 1.807) is 0 Å². The highest BCUT2D eigenvalue weighted by Crippen LogP contribution is 2.07. The largest absolute Gasteiger partial charge is 0.381 e. The van der Waals surface area contributed by atoms with Gasteiger partial charge in [0.25, 0.3) is 0 Å². The molecule has 0 saturated heterocycles. The molecule has 0 spiro atoms. The Morgan fingerprint density at radius 3 is 2.00 bits per heavy atom. The first-order chi connectivity index (χ1) is 6.27. The van der Waals surface area contributed by atoms with Crippen LogP contribution in [0.5, 0.6) is 0 Å². The first kappa shape index (κ1) is 13.1. The van der Waals surface area contributed by atoms with Crippen LogP contribution in [0.15, 0.2) is 11.8 Å². The van der Waals surface area contributed by atoms with Crippen molar-refractivity contribution in [3.8, 4) is 11.8 Å². The minimum absolute atomic E-state index is 0.0664. The second-order valence-electron chi connectivity index (χ2n) is 4.40. The normalized spacial score (nSPS) is 12.4. The van der Waals surface area contributed by atoms with Crippen molar-refractivity contribution in [2.75, 3.05) is 28.2 Å². The van der Waals surface area contributed by atoms with Crippen molar-refractivity contribution in [2.24, 2.45) is 0 Å². The van der Waals surface area contributed by atoms with Gasteiger partial charge in [-0.1, -0.05) is 11.8 Å². The van der Waals surface area contributed by atoms with Gasteiger partial charge in [0.05, 0.1) is 5.54 Å². The number of hydrogen-bond donors (Lipinski definition) is 0. The Morgan fingerprint density at radius 1 is 1.14 bits per heavy atom. The van der Waals surface area contributed by atoms with E-state index < -0.39 is 0 Å². The van der Waals surface area contributed by atoms with Gasteiger partial charge in [0.15, 0.2) is 0 Å². The quantitative estimate of drug-likeness (QED) is 0.618. The molecule has 0 heterocycles. The molecule has 0 N–H and O–H groups in total. The Bertz CT molecular complexity index is 262. The summed E-state index contributed by atoms with van der Waals surface area (Å²) >= 11 is 0. The molecule has 0 aromatic carbocycles. The van der Waals surface area contributed by atoms with Crippen LogP contribution in [0.2, 0.25) is 0 Å². The fraction of sp³-hybridized carbons (Fsp3) is 0.667. The molecule has 0 aliphatic rings. The number of hydrogen-bond acceptors (Lipinski definition) is 2. The smallest absolute Gasteiger partial charge is 0.0767 e. The van der Waals surface area contributed by atoms with Gasteiger partial charge in [-0.05, 0) is 34.9 Å². The molecule has 0 unspecified atom stereocenters. The molecule has 0 amide bonds. The van der Waals surface area contributed by atoms with Crippen molar-refractivity contribution in [2.45, 2.75) is 26.3 Å². The summed E-state index contributed by atoms with van der Waals surface area (Å²) in [6.45, 7) is 6.27. The summed E-state index contributed by atoms with van der Waals surface area (Å²) in [7, 11) is 8.11. The summed E-state index contributed by atoms with van der Waals surface area (Å²) in [6, 6.07) is 0. The van der Waals surface area contributed by atoms with E-state index in [2.05, 4.69) is 42.4 Å². The third-order valence-corrected chi connectivity index (χ3v) is 2.48. The Labute approximate surface area is 88.6 Å². The summed E-state index contributed by atoms with van der Waals surface area (Å²) in [5.41, 5.74) is 1.11. The maximum absolute atomic E-state index is 3.22. The molecule has 0 radical (unpaired) electrons. The van der Waals surface area contributed by atoms with E-state index in [9.17, 15) is 0 Å². The lowest BCUT2D eigenvalue weighted by molar-refractivity contribution is 0.263. The lowest BCUT2D eigenvalue weighted by Gasteiger charge is -2.26. The first-order valence-electron chi connectivity index (χ1n) is 4.81. The van der Waals surface area contributed by atoms with Gasteiger partial charge in [0.2, 0.25) is 0 Å². The van der Waals surface area contributed by atoms with Crippen LogP contribution in [0.4, 0.5) is 0 Å². The summed E-state index contributed by atoms with van der Waals surface area (Å²) in [4.78, 5) is 4.16. The summed E-state index contributed by atoms with van der Waals surface area (Å²) in [6.07, 6.45) is 1.95. The second-order valence-corrected chi connectivity index (χ2v) is 4.40. The fourth-order valence-electron chi connectivity index (χ4n) is 0.558. The van der Waals surface area contributed by atoms with E-state index in [4.69, 9.17) is 0 Å². The van der Waals surface area contributed by atoms with Gasteiger partial charge < -0.3 is 4.90 Å². The van der Waals surface area contributed by atoms with Crippen LogP contribution in [0, 0.1) is 11.8 Å². The van der Waals surface area contributed by atoms with Crippen LogP contribution < -0.4 is 0 Å². The summed E-state index contributed by atoms with van der Waals surface area (Å²) in [5.74, 6) is 6.31. The third kappa shape index (κ3) is 4.34. The Hall–Kier alpha value is -0.940. The Kier molecular flexibility index (Phi) is 4.73. The maximum Gasteiger partial charge on any atom is 0.0767 e. The molecule has 0 bridgehead atoms. The van der Waals surface area contributed by atoms with Gasteiger partial charge >= 0.3 is 0 Å². The van der Waals surface area contributed by atoms with Gasteiger partial charge in [-0.15, -0.1) is 0 Å². The predicted octanol–water partition coefficient (Wildman–Crippen LogP) is 1.80. The molecule has 0 atom stereocenters.